The summed E-state index contributed by atoms with van der Waals surface area (Å²) in [4.78, 5) is 43.6. The molecule has 3 amide bonds. The van der Waals surface area contributed by atoms with Crippen molar-refractivity contribution in [3.8, 4) is 0 Å². The number of morpholine rings is 1. The molecule has 1 aromatic rings. The summed E-state index contributed by atoms with van der Waals surface area (Å²) in [6, 6.07) is 0. The van der Waals surface area contributed by atoms with Gasteiger partial charge in [0.15, 0.2) is 5.69 Å². The number of aromatic nitrogens is 2. The molecule has 0 spiro atoms. The van der Waals surface area contributed by atoms with Gasteiger partial charge in [-0.15, -0.1) is 0 Å². The average molecular weight is 449 g/mol. The average Bonchev–Trinajstić information content (AvgIpc) is 3.16. The first kappa shape index (κ1) is 24.2. The zero-order chi connectivity index (χ0) is 23.1. The minimum absolute atomic E-state index is 0.0665. The maximum absolute atomic E-state index is 13.0. The number of amides is 3. The lowest BCUT2D eigenvalue weighted by Gasteiger charge is -2.29. The van der Waals surface area contributed by atoms with Gasteiger partial charge in [-0.25, -0.2) is 0 Å². The third-order valence-corrected chi connectivity index (χ3v) is 6.31. The van der Waals surface area contributed by atoms with Crippen LogP contribution in [0.1, 0.15) is 48.4 Å². The van der Waals surface area contributed by atoms with Crippen LogP contribution in [-0.2, 0) is 34.3 Å². The summed E-state index contributed by atoms with van der Waals surface area (Å²) in [5.74, 6) is -0.275. The highest BCUT2D eigenvalue weighted by molar-refractivity contribution is 5.94. The minimum Gasteiger partial charge on any atom is -0.378 e. The van der Waals surface area contributed by atoms with Crippen LogP contribution in [0.2, 0.25) is 0 Å². The highest BCUT2D eigenvalue weighted by Gasteiger charge is 2.31. The van der Waals surface area contributed by atoms with Crippen molar-refractivity contribution >= 4 is 17.7 Å². The van der Waals surface area contributed by atoms with E-state index in [1.165, 1.54) is 0 Å². The Morgan fingerprint density at radius 2 is 1.78 bits per heavy atom. The summed E-state index contributed by atoms with van der Waals surface area (Å²) in [5.41, 5.74) is 2.25. The summed E-state index contributed by atoms with van der Waals surface area (Å²) in [5, 5.41) is 7.37. The van der Waals surface area contributed by atoms with Crippen LogP contribution in [0, 0.1) is 0 Å². The highest BCUT2D eigenvalue weighted by Crippen LogP contribution is 2.24. The maximum Gasteiger partial charge on any atom is 0.274 e. The number of hydrogen-bond donors (Lipinski definition) is 1. The second kappa shape index (κ2) is 11.4. The molecular weight excluding hydrogens is 412 g/mol. The predicted octanol–water partition coefficient (Wildman–Crippen LogP) is 0.0154. The van der Waals surface area contributed by atoms with E-state index in [1.807, 2.05) is 7.05 Å². The Morgan fingerprint density at radius 3 is 2.47 bits per heavy atom. The molecule has 1 N–H and O–H groups in total. The summed E-state index contributed by atoms with van der Waals surface area (Å²) in [6.45, 7) is 10.6. The molecule has 1 fully saturated rings. The zero-order valence-electron chi connectivity index (χ0n) is 19.6. The fourth-order valence-electron chi connectivity index (χ4n) is 4.25. The number of ether oxygens (including phenoxy) is 1. The van der Waals surface area contributed by atoms with Crippen molar-refractivity contribution in [3.63, 3.8) is 0 Å². The number of likely N-dealkylation sites (N-methyl/N-ethyl adjacent to an activating group) is 1. The van der Waals surface area contributed by atoms with Crippen molar-refractivity contribution in [2.24, 2.45) is 7.05 Å². The van der Waals surface area contributed by atoms with Gasteiger partial charge in [-0.1, -0.05) is 13.8 Å². The lowest BCUT2D eigenvalue weighted by atomic mass is 10.0. The number of fused-ring (bicyclic) bond motifs is 1. The van der Waals surface area contributed by atoms with Crippen molar-refractivity contribution < 1.29 is 19.1 Å². The third-order valence-electron chi connectivity index (χ3n) is 6.31. The first-order valence-electron chi connectivity index (χ1n) is 11.6. The Bertz CT molecular complexity index is 814. The van der Waals surface area contributed by atoms with Crippen LogP contribution in [0.25, 0.3) is 0 Å². The van der Waals surface area contributed by atoms with Gasteiger partial charge in [-0.3, -0.25) is 19.1 Å². The molecule has 178 valence electrons. The maximum atomic E-state index is 13.0. The van der Waals surface area contributed by atoms with Crippen LogP contribution in [0.3, 0.4) is 0 Å². The van der Waals surface area contributed by atoms with E-state index in [2.05, 4.69) is 29.2 Å². The summed E-state index contributed by atoms with van der Waals surface area (Å²) in [6.07, 6.45) is 0.990. The van der Waals surface area contributed by atoms with Crippen molar-refractivity contribution in [2.75, 3.05) is 59.0 Å². The van der Waals surface area contributed by atoms with E-state index < -0.39 is 0 Å². The Labute approximate surface area is 189 Å². The highest BCUT2D eigenvalue weighted by atomic mass is 16.5. The van der Waals surface area contributed by atoms with Crippen LogP contribution in [0.4, 0.5) is 0 Å². The number of aryl methyl sites for hydroxylation is 1. The quantitative estimate of drug-likeness (QED) is 0.572. The minimum atomic E-state index is -0.105. The van der Waals surface area contributed by atoms with Crippen LogP contribution < -0.4 is 5.32 Å². The molecule has 10 heteroatoms. The number of carbonyl (C=O) groups is 3. The van der Waals surface area contributed by atoms with Crippen LogP contribution in [-0.4, -0.2) is 101 Å². The number of nitrogens with one attached hydrogen (secondary N) is 1. The van der Waals surface area contributed by atoms with Gasteiger partial charge in [-0.05, 0) is 13.1 Å². The molecule has 0 bridgehead atoms. The fraction of sp³-hybridized carbons (Fsp3) is 0.727. The Hall–Kier alpha value is -2.46. The molecule has 0 saturated carbocycles. The Morgan fingerprint density at radius 1 is 1.06 bits per heavy atom. The van der Waals surface area contributed by atoms with Crippen molar-refractivity contribution in [2.45, 2.75) is 39.7 Å². The molecule has 1 aromatic heterocycles. The van der Waals surface area contributed by atoms with Crippen molar-refractivity contribution in [1.29, 1.82) is 0 Å². The van der Waals surface area contributed by atoms with Gasteiger partial charge in [-0.2, -0.15) is 5.10 Å². The standard InChI is InChI=1S/C22H36N6O4/c1-4-26(5-2)11-9-23-19(29)6-7-20(30)28-10-8-18-17(16-28)21(24-25(18)3)22(31)27-12-14-32-15-13-27/h4-16H2,1-3H3,(H,23,29). The van der Waals surface area contributed by atoms with Gasteiger partial charge in [0.2, 0.25) is 11.8 Å². The molecule has 32 heavy (non-hydrogen) atoms. The SMILES string of the molecule is CCN(CC)CCNC(=O)CCC(=O)N1CCc2c(c(C(=O)N3CCOCC3)nn2C)C1. The molecule has 3 rings (SSSR count). The second-order valence-electron chi connectivity index (χ2n) is 8.24. The lowest BCUT2D eigenvalue weighted by molar-refractivity contribution is -0.134. The molecule has 1 saturated heterocycles. The molecule has 0 atom stereocenters. The summed E-state index contributed by atoms with van der Waals surface area (Å²) in [7, 11) is 1.84. The number of nitrogens with zero attached hydrogens (tertiary/aromatic N) is 5. The molecule has 3 heterocycles. The van der Waals surface area contributed by atoms with Gasteiger partial charge in [0, 0.05) is 76.8 Å². The first-order chi connectivity index (χ1) is 15.4. The van der Waals surface area contributed by atoms with E-state index in [0.29, 0.717) is 58.1 Å². The molecule has 0 aliphatic carbocycles. The van der Waals surface area contributed by atoms with Crippen LogP contribution in [0.5, 0.6) is 0 Å². The van der Waals surface area contributed by atoms with Crippen LogP contribution in [0.15, 0.2) is 0 Å². The van der Waals surface area contributed by atoms with E-state index in [4.69, 9.17) is 4.74 Å². The predicted molar refractivity (Wildman–Crippen MR) is 119 cm³/mol. The molecular formula is C22H36N6O4. The van der Waals surface area contributed by atoms with Gasteiger partial charge < -0.3 is 24.8 Å². The first-order valence-corrected chi connectivity index (χ1v) is 11.6. The van der Waals surface area contributed by atoms with Crippen molar-refractivity contribution in [1.82, 2.24) is 29.8 Å². The molecule has 2 aliphatic rings. The number of carbonyl (C=O) groups excluding carboxylic acids is 3. The van der Waals surface area contributed by atoms with E-state index in [-0.39, 0.29) is 30.6 Å². The summed E-state index contributed by atoms with van der Waals surface area (Å²) < 4.78 is 7.10. The lowest BCUT2D eigenvalue weighted by Crippen LogP contribution is -2.42. The second-order valence-corrected chi connectivity index (χ2v) is 8.24. The number of hydrogen-bond acceptors (Lipinski definition) is 6. The normalized spacial score (nSPS) is 16.2. The molecule has 0 radical (unpaired) electrons. The van der Waals surface area contributed by atoms with E-state index in [0.717, 1.165) is 30.9 Å². The third kappa shape index (κ3) is 5.86. The molecule has 0 unspecified atom stereocenters. The largest absolute Gasteiger partial charge is 0.378 e. The molecule has 0 aromatic carbocycles. The molecule has 10 nitrogen and oxygen atoms in total. The molecule has 2 aliphatic heterocycles. The van der Waals surface area contributed by atoms with E-state index in [1.54, 1.807) is 14.5 Å². The van der Waals surface area contributed by atoms with Gasteiger partial charge in [0.25, 0.3) is 5.91 Å². The van der Waals surface area contributed by atoms with Gasteiger partial charge in [0.05, 0.1) is 13.2 Å². The van der Waals surface area contributed by atoms with Crippen molar-refractivity contribution in [3.05, 3.63) is 17.0 Å². The zero-order valence-corrected chi connectivity index (χ0v) is 19.6. The Balaban J connectivity index is 1.53. The van der Waals surface area contributed by atoms with Crippen LogP contribution >= 0.6 is 0 Å². The number of rotatable bonds is 9. The summed E-state index contributed by atoms with van der Waals surface area (Å²) >= 11 is 0. The van der Waals surface area contributed by atoms with Gasteiger partial charge in [0.1, 0.15) is 0 Å². The van der Waals surface area contributed by atoms with E-state index in [9.17, 15) is 14.4 Å². The smallest absolute Gasteiger partial charge is 0.274 e. The monoisotopic (exact) mass is 448 g/mol. The fourth-order valence-corrected chi connectivity index (χ4v) is 4.25. The van der Waals surface area contributed by atoms with Gasteiger partial charge >= 0.3 is 0 Å². The van der Waals surface area contributed by atoms with E-state index >= 15 is 0 Å². The topological polar surface area (TPSA) is 100 Å². The Kier molecular flexibility index (Phi) is 8.63.